The van der Waals surface area contributed by atoms with Crippen molar-refractivity contribution < 1.29 is 13.2 Å². The van der Waals surface area contributed by atoms with Crippen molar-refractivity contribution >= 4 is 21.4 Å². The highest BCUT2D eigenvalue weighted by molar-refractivity contribution is 7.90. The minimum Gasteiger partial charge on any atom is -0.371 e. The average Bonchev–Trinajstić information content (AvgIpc) is 2.38. The van der Waals surface area contributed by atoms with E-state index in [2.05, 4.69) is 10.2 Å². The summed E-state index contributed by atoms with van der Waals surface area (Å²) in [6, 6.07) is 7.22. The lowest BCUT2D eigenvalue weighted by Crippen LogP contribution is -2.44. The molecule has 0 unspecified atom stereocenters. The molecule has 0 aliphatic carbocycles. The van der Waals surface area contributed by atoms with Crippen molar-refractivity contribution in [2.24, 2.45) is 0 Å². The summed E-state index contributed by atoms with van der Waals surface area (Å²) in [5.41, 5.74) is 1.03. The quantitative estimate of drug-likeness (QED) is 0.910. The third-order valence-electron chi connectivity index (χ3n) is 3.53. The number of rotatable bonds is 3. The minimum absolute atomic E-state index is 0.0148. The summed E-state index contributed by atoms with van der Waals surface area (Å²) in [5, 5.41) is 2.94. The molecule has 1 aliphatic heterocycles. The number of sulfone groups is 1. The molecule has 110 valence electrons. The molecule has 1 saturated heterocycles. The van der Waals surface area contributed by atoms with E-state index in [-0.39, 0.29) is 11.9 Å². The van der Waals surface area contributed by atoms with Crippen LogP contribution in [0.5, 0.6) is 0 Å². The van der Waals surface area contributed by atoms with Crippen LogP contribution in [0, 0.1) is 0 Å². The van der Waals surface area contributed by atoms with Crippen LogP contribution in [0.3, 0.4) is 0 Å². The van der Waals surface area contributed by atoms with Gasteiger partial charge in [0, 0.05) is 38.0 Å². The lowest BCUT2D eigenvalue weighted by Gasteiger charge is -2.33. The molecule has 1 amide bonds. The van der Waals surface area contributed by atoms with E-state index in [1.807, 2.05) is 12.1 Å². The molecule has 0 spiro atoms. The van der Waals surface area contributed by atoms with Gasteiger partial charge in [0.05, 0.1) is 4.90 Å². The normalized spacial score (nSPS) is 17.0. The number of amides is 1. The fraction of sp³-hybridized carbons (Fsp3) is 0.500. The molecular weight excluding hydrogens is 276 g/mol. The number of benzene rings is 1. The molecule has 1 N–H and O–H groups in total. The minimum atomic E-state index is -3.14. The predicted octanol–water partition coefficient (Wildman–Crippen LogP) is 1.19. The Morgan fingerprint density at radius 2 is 1.75 bits per heavy atom. The van der Waals surface area contributed by atoms with Gasteiger partial charge in [-0.15, -0.1) is 0 Å². The highest BCUT2D eigenvalue weighted by Gasteiger charge is 2.20. The Morgan fingerprint density at radius 3 is 2.20 bits per heavy atom. The van der Waals surface area contributed by atoms with Crippen LogP contribution in [-0.4, -0.2) is 39.7 Å². The Morgan fingerprint density at radius 1 is 1.20 bits per heavy atom. The molecule has 1 aromatic carbocycles. The van der Waals surface area contributed by atoms with Crippen molar-refractivity contribution in [3.05, 3.63) is 24.3 Å². The van der Waals surface area contributed by atoms with E-state index in [4.69, 9.17) is 0 Å². The molecule has 2 rings (SSSR count). The zero-order valence-electron chi connectivity index (χ0n) is 11.8. The van der Waals surface area contributed by atoms with Crippen molar-refractivity contribution in [3.8, 4) is 0 Å². The number of piperidine rings is 1. The van der Waals surface area contributed by atoms with Crippen molar-refractivity contribution in [2.45, 2.75) is 30.7 Å². The summed E-state index contributed by atoms with van der Waals surface area (Å²) in [6.45, 7) is 3.27. The van der Waals surface area contributed by atoms with Crippen LogP contribution in [0.15, 0.2) is 29.2 Å². The molecule has 1 aliphatic rings. The first kappa shape index (κ1) is 14.8. The van der Waals surface area contributed by atoms with E-state index in [1.165, 1.54) is 13.2 Å². The second-order valence-corrected chi connectivity index (χ2v) is 7.24. The lowest BCUT2D eigenvalue weighted by atomic mass is 10.0. The lowest BCUT2D eigenvalue weighted by molar-refractivity contribution is -0.119. The molecule has 0 atom stereocenters. The maximum Gasteiger partial charge on any atom is 0.217 e. The van der Waals surface area contributed by atoms with E-state index in [9.17, 15) is 13.2 Å². The Bertz CT molecular complexity index is 573. The summed E-state index contributed by atoms with van der Waals surface area (Å²) in [4.78, 5) is 13.6. The SMILES string of the molecule is CC(=O)NC1CCN(c2ccc(S(C)(=O)=O)cc2)CC1. The number of hydrogen-bond acceptors (Lipinski definition) is 4. The standard InChI is InChI=1S/C14H20N2O3S/c1-11(17)15-12-7-9-16(10-8-12)13-3-5-14(6-4-13)20(2,18)19/h3-6,12H,7-10H2,1-2H3,(H,15,17). The summed E-state index contributed by atoms with van der Waals surface area (Å²) >= 11 is 0. The zero-order chi connectivity index (χ0) is 14.8. The first-order valence-electron chi connectivity index (χ1n) is 6.68. The van der Waals surface area contributed by atoms with Gasteiger partial charge in [-0.05, 0) is 37.1 Å². The number of nitrogens with zero attached hydrogens (tertiary/aromatic N) is 1. The Kier molecular flexibility index (Phi) is 4.32. The molecule has 0 saturated carbocycles. The van der Waals surface area contributed by atoms with Crippen LogP contribution in [0.1, 0.15) is 19.8 Å². The van der Waals surface area contributed by atoms with E-state index < -0.39 is 9.84 Å². The smallest absolute Gasteiger partial charge is 0.217 e. The van der Waals surface area contributed by atoms with Crippen LogP contribution >= 0.6 is 0 Å². The summed E-state index contributed by atoms with van der Waals surface area (Å²) < 4.78 is 22.8. The number of carbonyl (C=O) groups excluding carboxylic acids is 1. The van der Waals surface area contributed by atoms with Gasteiger partial charge in [0.1, 0.15) is 0 Å². The molecule has 0 radical (unpaired) electrons. The van der Waals surface area contributed by atoms with Crippen LogP contribution in [-0.2, 0) is 14.6 Å². The fourth-order valence-corrected chi connectivity index (χ4v) is 3.10. The van der Waals surface area contributed by atoms with Gasteiger partial charge in [0.15, 0.2) is 9.84 Å². The third-order valence-corrected chi connectivity index (χ3v) is 4.66. The number of carbonyl (C=O) groups is 1. The number of nitrogens with one attached hydrogen (secondary N) is 1. The Labute approximate surface area is 119 Å². The zero-order valence-corrected chi connectivity index (χ0v) is 12.6. The van der Waals surface area contributed by atoms with Crippen LogP contribution in [0.4, 0.5) is 5.69 Å². The van der Waals surface area contributed by atoms with Gasteiger partial charge in [-0.2, -0.15) is 0 Å². The van der Waals surface area contributed by atoms with Crippen LogP contribution in [0.25, 0.3) is 0 Å². The molecular formula is C14H20N2O3S. The van der Waals surface area contributed by atoms with Crippen molar-refractivity contribution in [1.82, 2.24) is 5.32 Å². The topological polar surface area (TPSA) is 66.5 Å². The molecule has 1 heterocycles. The van der Waals surface area contributed by atoms with E-state index in [0.29, 0.717) is 4.90 Å². The maximum atomic E-state index is 11.4. The van der Waals surface area contributed by atoms with Gasteiger partial charge in [-0.25, -0.2) is 8.42 Å². The van der Waals surface area contributed by atoms with Gasteiger partial charge in [0.25, 0.3) is 0 Å². The van der Waals surface area contributed by atoms with Crippen LogP contribution in [0.2, 0.25) is 0 Å². The molecule has 20 heavy (non-hydrogen) atoms. The van der Waals surface area contributed by atoms with Gasteiger partial charge in [0.2, 0.25) is 5.91 Å². The van der Waals surface area contributed by atoms with Gasteiger partial charge in [-0.1, -0.05) is 0 Å². The maximum absolute atomic E-state index is 11.4. The first-order valence-corrected chi connectivity index (χ1v) is 8.57. The third kappa shape index (κ3) is 3.72. The van der Waals surface area contributed by atoms with Crippen LogP contribution < -0.4 is 10.2 Å². The van der Waals surface area contributed by atoms with Crippen molar-refractivity contribution in [3.63, 3.8) is 0 Å². The van der Waals surface area contributed by atoms with Gasteiger partial charge >= 0.3 is 0 Å². The fourth-order valence-electron chi connectivity index (χ4n) is 2.47. The van der Waals surface area contributed by atoms with E-state index in [0.717, 1.165) is 31.6 Å². The molecule has 6 heteroatoms. The molecule has 0 aromatic heterocycles. The van der Waals surface area contributed by atoms with Crippen molar-refractivity contribution in [1.29, 1.82) is 0 Å². The Balaban J connectivity index is 1.99. The summed E-state index contributed by atoms with van der Waals surface area (Å²) in [5.74, 6) is 0.0148. The molecule has 5 nitrogen and oxygen atoms in total. The second kappa shape index (κ2) is 5.83. The number of anilines is 1. The summed E-state index contributed by atoms with van der Waals surface area (Å²) in [7, 11) is -3.14. The molecule has 1 aromatic rings. The first-order chi connectivity index (χ1) is 9.36. The molecule has 0 bridgehead atoms. The van der Waals surface area contributed by atoms with E-state index >= 15 is 0 Å². The largest absolute Gasteiger partial charge is 0.371 e. The number of hydrogen-bond donors (Lipinski definition) is 1. The Hall–Kier alpha value is -1.56. The average molecular weight is 296 g/mol. The highest BCUT2D eigenvalue weighted by Crippen LogP contribution is 2.22. The van der Waals surface area contributed by atoms with E-state index in [1.54, 1.807) is 12.1 Å². The van der Waals surface area contributed by atoms with Gasteiger partial charge < -0.3 is 10.2 Å². The van der Waals surface area contributed by atoms with Gasteiger partial charge in [-0.3, -0.25) is 4.79 Å². The monoisotopic (exact) mass is 296 g/mol. The van der Waals surface area contributed by atoms with Crippen molar-refractivity contribution in [2.75, 3.05) is 24.2 Å². The summed E-state index contributed by atoms with van der Waals surface area (Å²) in [6.07, 6.45) is 3.03. The molecule has 1 fully saturated rings. The highest BCUT2D eigenvalue weighted by atomic mass is 32.2. The predicted molar refractivity (Wildman–Crippen MR) is 78.6 cm³/mol. The second-order valence-electron chi connectivity index (χ2n) is 5.23.